The van der Waals surface area contributed by atoms with Crippen LogP contribution >= 0.6 is 0 Å². The number of furan rings is 1. The van der Waals surface area contributed by atoms with E-state index in [-0.39, 0.29) is 11.4 Å². The Morgan fingerprint density at radius 1 is 1.11 bits per heavy atom. The molecule has 0 saturated heterocycles. The van der Waals surface area contributed by atoms with Gasteiger partial charge in [0.25, 0.3) is 11.6 Å². The van der Waals surface area contributed by atoms with E-state index in [0.29, 0.717) is 16.7 Å². The second-order valence-corrected chi connectivity index (χ2v) is 5.68. The number of carbonyl (C=O) groups is 2. The lowest BCUT2D eigenvalue weighted by atomic mass is 10.1. The Labute approximate surface area is 153 Å². The number of aryl methyl sites for hydroxylation is 1. The highest BCUT2D eigenvalue weighted by atomic mass is 16.6. The molecule has 1 aromatic heterocycles. The van der Waals surface area contributed by atoms with Gasteiger partial charge in [-0.25, -0.2) is 0 Å². The first kappa shape index (κ1) is 17.9. The number of hydrazine groups is 1. The van der Waals surface area contributed by atoms with Crippen LogP contribution in [0.2, 0.25) is 0 Å². The van der Waals surface area contributed by atoms with E-state index in [0.717, 1.165) is 11.5 Å². The maximum atomic E-state index is 12.2. The van der Waals surface area contributed by atoms with Gasteiger partial charge < -0.3 is 4.42 Å². The number of amides is 2. The van der Waals surface area contributed by atoms with Gasteiger partial charge in [0.1, 0.15) is 5.58 Å². The van der Waals surface area contributed by atoms with Gasteiger partial charge in [0, 0.05) is 29.2 Å². The molecule has 0 aliphatic rings. The number of benzene rings is 2. The van der Waals surface area contributed by atoms with Gasteiger partial charge >= 0.3 is 5.91 Å². The number of fused-ring (bicyclic) bond motifs is 1. The van der Waals surface area contributed by atoms with Crippen LogP contribution in [0.4, 0.5) is 5.69 Å². The maximum Gasteiger partial charge on any atom is 0.305 e. The molecule has 0 aliphatic carbocycles. The van der Waals surface area contributed by atoms with Crippen LogP contribution in [0.1, 0.15) is 21.7 Å². The van der Waals surface area contributed by atoms with Gasteiger partial charge in [-0.05, 0) is 24.6 Å². The molecule has 8 heteroatoms. The average Bonchev–Trinajstić information content (AvgIpc) is 3.01. The third kappa shape index (κ3) is 4.01. The molecule has 2 aromatic carbocycles. The fourth-order valence-electron chi connectivity index (χ4n) is 2.52. The van der Waals surface area contributed by atoms with Crippen molar-refractivity contribution in [2.45, 2.75) is 6.92 Å². The van der Waals surface area contributed by atoms with E-state index in [2.05, 4.69) is 10.9 Å². The van der Waals surface area contributed by atoms with Crippen LogP contribution < -0.4 is 10.9 Å². The SMILES string of the molecule is Cc1c(C(=O)NNC(=O)/C=C/c2cccc([N+](=O)[O-])c2)oc2ccccc12. The number of rotatable bonds is 4. The molecule has 0 bridgehead atoms. The zero-order valence-corrected chi connectivity index (χ0v) is 14.3. The number of nitrogens with zero attached hydrogens (tertiary/aromatic N) is 1. The summed E-state index contributed by atoms with van der Waals surface area (Å²) in [6.07, 6.45) is 2.56. The summed E-state index contributed by atoms with van der Waals surface area (Å²) in [5.74, 6) is -1.07. The van der Waals surface area contributed by atoms with Crippen molar-refractivity contribution in [2.75, 3.05) is 0 Å². The molecule has 0 unspecified atom stereocenters. The summed E-state index contributed by atoms with van der Waals surface area (Å²) in [6.45, 7) is 1.75. The molecule has 0 radical (unpaired) electrons. The van der Waals surface area contributed by atoms with Gasteiger partial charge in [-0.2, -0.15) is 0 Å². The molecule has 2 amide bonds. The smallest absolute Gasteiger partial charge is 0.305 e. The minimum absolute atomic E-state index is 0.0776. The zero-order chi connectivity index (χ0) is 19.4. The highest BCUT2D eigenvalue weighted by Gasteiger charge is 2.17. The highest BCUT2D eigenvalue weighted by molar-refractivity contribution is 6.00. The van der Waals surface area contributed by atoms with Crippen LogP contribution in [-0.4, -0.2) is 16.7 Å². The van der Waals surface area contributed by atoms with Gasteiger partial charge in [-0.15, -0.1) is 0 Å². The summed E-state index contributed by atoms with van der Waals surface area (Å²) in [5.41, 5.74) is 6.17. The van der Waals surface area contributed by atoms with Gasteiger partial charge in [0.2, 0.25) is 0 Å². The van der Waals surface area contributed by atoms with Crippen molar-refractivity contribution in [3.63, 3.8) is 0 Å². The number of nitro benzene ring substituents is 1. The van der Waals surface area contributed by atoms with Crippen LogP contribution in [0.25, 0.3) is 17.0 Å². The summed E-state index contributed by atoms with van der Waals surface area (Å²) in [6, 6.07) is 13.0. The second-order valence-electron chi connectivity index (χ2n) is 5.68. The first-order valence-electron chi connectivity index (χ1n) is 7.96. The van der Waals surface area contributed by atoms with Crippen LogP contribution in [0, 0.1) is 17.0 Å². The molecule has 0 saturated carbocycles. The minimum Gasteiger partial charge on any atom is -0.451 e. The van der Waals surface area contributed by atoms with Crippen LogP contribution in [-0.2, 0) is 4.79 Å². The summed E-state index contributed by atoms with van der Waals surface area (Å²) >= 11 is 0. The number of nitro groups is 1. The Hall–Kier alpha value is -3.94. The Balaban J connectivity index is 1.63. The standard InChI is InChI=1S/C19H15N3O5/c1-12-15-7-2-3-8-16(15)27-18(12)19(24)21-20-17(23)10-9-13-5-4-6-14(11-13)22(25)26/h2-11H,1H3,(H,20,23)(H,21,24)/b10-9+. The molecule has 0 fully saturated rings. The van der Waals surface area contributed by atoms with E-state index < -0.39 is 16.7 Å². The summed E-state index contributed by atoms with van der Waals surface area (Å²) < 4.78 is 5.51. The zero-order valence-electron chi connectivity index (χ0n) is 14.3. The van der Waals surface area contributed by atoms with E-state index in [1.54, 1.807) is 25.1 Å². The van der Waals surface area contributed by atoms with E-state index in [1.165, 1.54) is 24.3 Å². The maximum absolute atomic E-state index is 12.2. The van der Waals surface area contributed by atoms with Gasteiger partial charge in [0.05, 0.1) is 4.92 Å². The van der Waals surface area contributed by atoms with Crippen molar-refractivity contribution in [3.8, 4) is 0 Å². The van der Waals surface area contributed by atoms with E-state index in [4.69, 9.17) is 4.42 Å². The number of carbonyl (C=O) groups excluding carboxylic acids is 2. The molecule has 3 aromatic rings. The molecule has 0 spiro atoms. The molecule has 136 valence electrons. The molecule has 1 heterocycles. The number of hydrogen-bond acceptors (Lipinski definition) is 5. The Kier molecular flexibility index (Phi) is 4.98. The summed E-state index contributed by atoms with van der Waals surface area (Å²) in [7, 11) is 0. The van der Waals surface area contributed by atoms with E-state index in [9.17, 15) is 19.7 Å². The fourth-order valence-corrected chi connectivity index (χ4v) is 2.52. The van der Waals surface area contributed by atoms with E-state index in [1.807, 2.05) is 12.1 Å². The van der Waals surface area contributed by atoms with Crippen LogP contribution in [0.3, 0.4) is 0 Å². The molecule has 8 nitrogen and oxygen atoms in total. The van der Waals surface area contributed by atoms with Crippen LogP contribution in [0.5, 0.6) is 0 Å². The lowest BCUT2D eigenvalue weighted by Gasteiger charge is -2.03. The van der Waals surface area contributed by atoms with Crippen molar-refractivity contribution in [1.29, 1.82) is 0 Å². The lowest BCUT2D eigenvalue weighted by molar-refractivity contribution is -0.384. The third-order valence-electron chi connectivity index (χ3n) is 3.86. The third-order valence-corrected chi connectivity index (χ3v) is 3.86. The van der Waals surface area contributed by atoms with Crippen molar-refractivity contribution >= 4 is 34.5 Å². The predicted octanol–water partition coefficient (Wildman–Crippen LogP) is 3.12. The Bertz CT molecular complexity index is 1070. The highest BCUT2D eigenvalue weighted by Crippen LogP contribution is 2.24. The minimum atomic E-state index is -0.594. The molecular weight excluding hydrogens is 350 g/mol. The first-order chi connectivity index (χ1) is 13.0. The van der Waals surface area contributed by atoms with Gasteiger partial charge in [-0.1, -0.05) is 30.3 Å². The number of non-ortho nitro benzene ring substituents is 1. The largest absolute Gasteiger partial charge is 0.451 e. The normalized spacial score (nSPS) is 10.9. The molecule has 27 heavy (non-hydrogen) atoms. The monoisotopic (exact) mass is 365 g/mol. The molecule has 2 N–H and O–H groups in total. The second kappa shape index (κ2) is 7.52. The van der Waals surface area contributed by atoms with Crippen molar-refractivity contribution in [3.05, 3.63) is 81.6 Å². The number of nitrogens with one attached hydrogen (secondary N) is 2. The summed E-state index contributed by atoms with van der Waals surface area (Å²) in [4.78, 5) is 34.3. The average molecular weight is 365 g/mol. The Morgan fingerprint density at radius 3 is 2.63 bits per heavy atom. The topological polar surface area (TPSA) is 114 Å². The number of hydrogen-bond donors (Lipinski definition) is 2. The van der Waals surface area contributed by atoms with Crippen molar-refractivity contribution in [2.24, 2.45) is 0 Å². The first-order valence-corrected chi connectivity index (χ1v) is 7.96. The van der Waals surface area contributed by atoms with Gasteiger partial charge in [0.15, 0.2) is 5.76 Å². The van der Waals surface area contributed by atoms with E-state index >= 15 is 0 Å². The van der Waals surface area contributed by atoms with Crippen LogP contribution in [0.15, 0.2) is 59.0 Å². The molecule has 3 rings (SSSR count). The van der Waals surface area contributed by atoms with Gasteiger partial charge in [-0.3, -0.25) is 30.6 Å². The molecule has 0 atom stereocenters. The summed E-state index contributed by atoms with van der Waals surface area (Å²) in [5, 5.41) is 11.6. The lowest BCUT2D eigenvalue weighted by Crippen LogP contribution is -2.40. The van der Waals surface area contributed by atoms with Crippen molar-refractivity contribution < 1.29 is 18.9 Å². The fraction of sp³-hybridized carbons (Fsp3) is 0.0526. The quantitative estimate of drug-likeness (QED) is 0.419. The molecule has 0 aliphatic heterocycles. The van der Waals surface area contributed by atoms with Crippen molar-refractivity contribution in [1.82, 2.24) is 10.9 Å². The Morgan fingerprint density at radius 2 is 1.89 bits per heavy atom. The number of para-hydroxylation sites is 1. The predicted molar refractivity (Wildman–Crippen MR) is 98.7 cm³/mol. The molecular formula is C19H15N3O5.